The fourth-order valence-electron chi connectivity index (χ4n) is 5.38. The van der Waals surface area contributed by atoms with Crippen LogP contribution in [0.1, 0.15) is 122 Å². The second kappa shape index (κ2) is 28.5. The van der Waals surface area contributed by atoms with Crippen LogP contribution in [-0.4, -0.2) is 70.3 Å². The summed E-state index contributed by atoms with van der Waals surface area (Å²) in [6.45, 7) is 8.63. The van der Waals surface area contributed by atoms with Gasteiger partial charge in [0.25, 0.3) is 0 Å². The van der Waals surface area contributed by atoms with Gasteiger partial charge in [0.05, 0.1) is 32.5 Å². The summed E-state index contributed by atoms with van der Waals surface area (Å²) in [6.07, 6.45) is 23.0. The molecule has 41 heavy (non-hydrogen) atoms. The molecular weight excluding hydrogens is 625 g/mol. The molecule has 0 spiro atoms. The number of morpholine rings is 1. The summed E-state index contributed by atoms with van der Waals surface area (Å²) in [7, 11) is 2.18. The molecule has 1 aliphatic rings. The molecule has 1 saturated heterocycles. The Morgan fingerprint density at radius 3 is 1.85 bits per heavy atom. The van der Waals surface area contributed by atoms with Crippen molar-refractivity contribution in [1.29, 1.82) is 0 Å². The number of unbranched alkanes of at least 4 members (excludes halogenated alkanes) is 14. The van der Waals surface area contributed by atoms with Crippen LogP contribution in [0.4, 0.5) is 0 Å². The third-order valence-electron chi connectivity index (χ3n) is 7.98. The molecule has 2 unspecified atom stereocenters. The number of ether oxygens (including phenoxy) is 4. The maximum absolute atomic E-state index is 6.19. The van der Waals surface area contributed by atoms with Crippen molar-refractivity contribution >= 4 is 24.0 Å². The van der Waals surface area contributed by atoms with Gasteiger partial charge in [-0.2, -0.15) is 0 Å². The molecule has 0 saturated carbocycles. The number of hydrogen-bond acceptors (Lipinski definition) is 5. The van der Waals surface area contributed by atoms with E-state index in [9.17, 15) is 0 Å². The summed E-state index contributed by atoms with van der Waals surface area (Å²) >= 11 is 0. The van der Waals surface area contributed by atoms with Crippen LogP contribution < -0.4 is 0 Å². The average molecular weight is 690 g/mol. The molecule has 0 aromatic heterocycles. The van der Waals surface area contributed by atoms with Crippen LogP contribution in [-0.2, 0) is 25.6 Å². The van der Waals surface area contributed by atoms with Gasteiger partial charge < -0.3 is 23.8 Å². The fraction of sp³-hybridized carbons (Fsp3) is 0.829. The van der Waals surface area contributed by atoms with Crippen LogP contribution in [0, 0.1) is 0 Å². The number of benzene rings is 1. The van der Waals surface area contributed by atoms with Gasteiger partial charge in [-0.3, -0.25) is 0 Å². The van der Waals surface area contributed by atoms with Crippen LogP contribution in [0.2, 0.25) is 0 Å². The van der Waals surface area contributed by atoms with E-state index in [1.807, 2.05) is 6.07 Å². The molecule has 0 bridgehead atoms. The summed E-state index contributed by atoms with van der Waals surface area (Å²) < 4.78 is 24.1. The lowest BCUT2D eigenvalue weighted by atomic mass is 10.0. The molecule has 0 N–H and O–H groups in total. The first-order valence-corrected chi connectivity index (χ1v) is 16.9. The minimum absolute atomic E-state index is 0. The van der Waals surface area contributed by atoms with Crippen molar-refractivity contribution in [3.05, 3.63) is 35.9 Å². The first-order valence-electron chi connectivity index (χ1n) is 16.9. The second-order valence-corrected chi connectivity index (χ2v) is 11.9. The Hall–Kier alpha value is -0.250. The quantitative estimate of drug-likeness (QED) is 0.0681. The lowest BCUT2D eigenvalue weighted by Gasteiger charge is -2.30. The third-order valence-corrected chi connectivity index (χ3v) is 7.98. The highest BCUT2D eigenvalue weighted by molar-refractivity contribution is 14.0. The van der Waals surface area contributed by atoms with Gasteiger partial charge in [-0.1, -0.05) is 121 Å². The van der Waals surface area contributed by atoms with Gasteiger partial charge in [0.2, 0.25) is 0 Å². The topological polar surface area (TPSA) is 40.2 Å². The molecule has 0 radical (unpaired) electrons. The van der Waals surface area contributed by atoms with Gasteiger partial charge >= 0.3 is 0 Å². The first kappa shape index (κ1) is 38.8. The Kier molecular flexibility index (Phi) is 27.0. The monoisotopic (exact) mass is 689 g/mol. The molecule has 0 amide bonds. The first-order chi connectivity index (χ1) is 19.8. The normalized spacial score (nSPS) is 16.5. The molecule has 1 fully saturated rings. The Morgan fingerprint density at radius 2 is 1.29 bits per heavy atom. The minimum atomic E-state index is -0.0258. The lowest BCUT2D eigenvalue weighted by Crippen LogP contribution is -2.39. The predicted molar refractivity (Wildman–Crippen MR) is 183 cm³/mol. The molecule has 1 heterocycles. The van der Waals surface area contributed by atoms with Crippen molar-refractivity contribution in [3.8, 4) is 0 Å². The molecule has 240 valence electrons. The van der Waals surface area contributed by atoms with E-state index in [4.69, 9.17) is 18.9 Å². The Labute approximate surface area is 270 Å². The second-order valence-electron chi connectivity index (χ2n) is 11.9. The SMILES string of the molecule is CCCCCCCCCCCCCCCCOCC(COCCCCC1CN(C)CCO1)OCc1ccccc1.I. The van der Waals surface area contributed by atoms with Crippen molar-refractivity contribution in [2.75, 3.05) is 53.2 Å². The Balaban J connectivity index is 0.00000840. The molecule has 1 aromatic carbocycles. The van der Waals surface area contributed by atoms with E-state index in [2.05, 4.69) is 43.1 Å². The highest BCUT2D eigenvalue weighted by Gasteiger charge is 2.17. The Bertz CT molecular complexity index is 665. The smallest absolute Gasteiger partial charge is 0.105 e. The van der Waals surface area contributed by atoms with E-state index >= 15 is 0 Å². The van der Waals surface area contributed by atoms with E-state index < -0.39 is 0 Å². The zero-order valence-corrected chi connectivity index (χ0v) is 29.0. The van der Waals surface area contributed by atoms with Gasteiger partial charge in [-0.15, -0.1) is 24.0 Å². The summed E-state index contributed by atoms with van der Waals surface area (Å²) in [5, 5.41) is 0. The highest BCUT2D eigenvalue weighted by atomic mass is 127. The molecule has 2 atom stereocenters. The number of rotatable bonds is 27. The van der Waals surface area contributed by atoms with Crippen LogP contribution >= 0.6 is 24.0 Å². The van der Waals surface area contributed by atoms with Crippen LogP contribution in [0.25, 0.3) is 0 Å². The molecule has 2 rings (SSSR count). The zero-order valence-electron chi connectivity index (χ0n) is 26.7. The van der Waals surface area contributed by atoms with E-state index in [0.29, 0.717) is 25.9 Å². The zero-order chi connectivity index (χ0) is 28.4. The third kappa shape index (κ3) is 22.9. The lowest BCUT2D eigenvalue weighted by molar-refractivity contribution is -0.0680. The predicted octanol–water partition coefficient (Wildman–Crippen LogP) is 9.21. The largest absolute Gasteiger partial charge is 0.379 e. The summed E-state index contributed by atoms with van der Waals surface area (Å²) in [5.74, 6) is 0. The number of nitrogens with zero attached hydrogens (tertiary/aromatic N) is 1. The van der Waals surface area contributed by atoms with E-state index in [1.54, 1.807) is 0 Å². The Morgan fingerprint density at radius 1 is 0.756 bits per heavy atom. The van der Waals surface area contributed by atoms with Crippen molar-refractivity contribution in [2.24, 2.45) is 0 Å². The summed E-state index contributed by atoms with van der Waals surface area (Å²) in [6, 6.07) is 10.4. The fourth-order valence-corrected chi connectivity index (χ4v) is 5.38. The van der Waals surface area contributed by atoms with Crippen LogP contribution in [0.15, 0.2) is 30.3 Å². The van der Waals surface area contributed by atoms with E-state index in [1.165, 1.54) is 89.0 Å². The summed E-state index contributed by atoms with van der Waals surface area (Å²) in [4.78, 5) is 2.36. The summed E-state index contributed by atoms with van der Waals surface area (Å²) in [5.41, 5.74) is 1.19. The maximum atomic E-state index is 6.19. The molecule has 6 heteroatoms. The standard InChI is InChI=1S/C35H63NO4.HI/c1-3-4-5-6-7-8-9-10-11-12-13-14-15-20-26-37-31-35(40-30-33-22-17-16-18-23-33)32-38-27-21-19-24-34-29-36(2)25-28-39-34;/h16-18,22-23,34-35H,3-15,19-21,24-32H2,1-2H3;1H. The molecule has 1 aliphatic heterocycles. The van der Waals surface area contributed by atoms with Crippen LogP contribution in [0.3, 0.4) is 0 Å². The van der Waals surface area contributed by atoms with Crippen molar-refractivity contribution in [2.45, 2.75) is 135 Å². The average Bonchev–Trinajstić information content (AvgIpc) is 2.97. The number of hydrogen-bond donors (Lipinski definition) is 0. The van der Waals surface area contributed by atoms with E-state index in [-0.39, 0.29) is 30.1 Å². The molecule has 0 aliphatic carbocycles. The van der Waals surface area contributed by atoms with Crippen molar-refractivity contribution in [1.82, 2.24) is 4.90 Å². The molecule has 1 aromatic rings. The number of halogens is 1. The van der Waals surface area contributed by atoms with Crippen molar-refractivity contribution in [3.63, 3.8) is 0 Å². The van der Waals surface area contributed by atoms with Gasteiger partial charge in [0.15, 0.2) is 0 Å². The highest BCUT2D eigenvalue weighted by Crippen LogP contribution is 2.14. The van der Waals surface area contributed by atoms with E-state index in [0.717, 1.165) is 58.6 Å². The molecule has 5 nitrogen and oxygen atoms in total. The number of likely N-dealkylation sites (N-methyl/N-ethyl adjacent to an activating group) is 1. The van der Waals surface area contributed by atoms with Gasteiger partial charge in [0, 0.05) is 26.3 Å². The van der Waals surface area contributed by atoms with Gasteiger partial charge in [-0.25, -0.2) is 0 Å². The molecular formula is C35H64INO4. The minimum Gasteiger partial charge on any atom is -0.379 e. The maximum Gasteiger partial charge on any atom is 0.105 e. The van der Waals surface area contributed by atoms with Crippen LogP contribution in [0.5, 0.6) is 0 Å². The van der Waals surface area contributed by atoms with Gasteiger partial charge in [-0.05, 0) is 38.3 Å². The van der Waals surface area contributed by atoms with Crippen molar-refractivity contribution < 1.29 is 18.9 Å². The van der Waals surface area contributed by atoms with Gasteiger partial charge in [0.1, 0.15) is 6.10 Å².